The largest absolute Gasteiger partial charge is 0.591 e. The summed E-state index contributed by atoms with van der Waals surface area (Å²) in [4.78, 5) is 1.22. The SMILES string of the molecule is CC(C)(C)[S+]([O-])/N=C/Cc1cc(Br)cs1. The van der Waals surface area contributed by atoms with Crippen LogP contribution in [0.3, 0.4) is 0 Å². The van der Waals surface area contributed by atoms with Crippen LogP contribution >= 0.6 is 27.3 Å². The van der Waals surface area contributed by atoms with Gasteiger partial charge in [-0.25, -0.2) is 0 Å². The minimum atomic E-state index is -1.14. The highest BCUT2D eigenvalue weighted by molar-refractivity contribution is 9.10. The summed E-state index contributed by atoms with van der Waals surface area (Å²) in [5.74, 6) is 0. The number of hydrogen-bond donors (Lipinski definition) is 0. The van der Waals surface area contributed by atoms with Crippen molar-refractivity contribution < 1.29 is 4.55 Å². The monoisotopic (exact) mass is 307 g/mol. The van der Waals surface area contributed by atoms with Crippen molar-refractivity contribution in [3.63, 3.8) is 0 Å². The standard InChI is InChI=1S/C10H14BrNOS2/c1-10(2,3)15(13)12-5-4-9-6-8(11)7-14-9/h5-7H,4H2,1-3H3/b12-5+. The molecule has 0 bridgehead atoms. The molecule has 1 aromatic heterocycles. The van der Waals surface area contributed by atoms with Crippen LogP contribution in [-0.2, 0) is 17.8 Å². The molecular weight excluding hydrogens is 294 g/mol. The second kappa shape index (κ2) is 5.48. The summed E-state index contributed by atoms with van der Waals surface area (Å²) in [6.07, 6.45) is 2.48. The summed E-state index contributed by atoms with van der Waals surface area (Å²) in [5.41, 5.74) is 0. The molecule has 0 aliphatic heterocycles. The fourth-order valence-corrected chi connectivity index (χ4v) is 2.75. The zero-order chi connectivity index (χ0) is 11.5. The minimum absolute atomic E-state index is 0.271. The Morgan fingerprint density at radius 2 is 2.27 bits per heavy atom. The summed E-state index contributed by atoms with van der Waals surface area (Å²) in [5, 5.41) is 2.03. The molecule has 0 spiro atoms. The third-order valence-corrected chi connectivity index (χ3v) is 4.72. The second-order valence-corrected chi connectivity index (χ2v) is 7.93. The van der Waals surface area contributed by atoms with Gasteiger partial charge in [-0.05, 0) is 42.8 Å². The molecule has 1 aromatic rings. The van der Waals surface area contributed by atoms with E-state index in [1.54, 1.807) is 17.6 Å². The zero-order valence-electron chi connectivity index (χ0n) is 8.99. The van der Waals surface area contributed by atoms with Crippen molar-refractivity contribution in [2.45, 2.75) is 31.9 Å². The average Bonchev–Trinajstić information content (AvgIpc) is 2.49. The number of hydrogen-bond acceptors (Lipinski definition) is 3. The van der Waals surface area contributed by atoms with E-state index in [1.165, 1.54) is 4.88 Å². The van der Waals surface area contributed by atoms with Crippen molar-refractivity contribution in [3.05, 3.63) is 20.8 Å². The molecule has 0 N–H and O–H groups in total. The van der Waals surface area contributed by atoms with Gasteiger partial charge in [0.05, 0.1) is 6.21 Å². The van der Waals surface area contributed by atoms with E-state index in [2.05, 4.69) is 26.4 Å². The van der Waals surface area contributed by atoms with Crippen LogP contribution < -0.4 is 0 Å². The molecule has 1 atom stereocenters. The van der Waals surface area contributed by atoms with Crippen molar-refractivity contribution in [3.8, 4) is 0 Å². The van der Waals surface area contributed by atoms with E-state index in [4.69, 9.17) is 0 Å². The Morgan fingerprint density at radius 1 is 1.60 bits per heavy atom. The highest BCUT2D eigenvalue weighted by Crippen LogP contribution is 2.20. The van der Waals surface area contributed by atoms with Crippen LogP contribution in [0.4, 0.5) is 0 Å². The Morgan fingerprint density at radius 3 is 2.73 bits per heavy atom. The summed E-state index contributed by atoms with van der Waals surface area (Å²) in [6.45, 7) is 5.76. The molecule has 5 heteroatoms. The zero-order valence-corrected chi connectivity index (χ0v) is 12.2. The van der Waals surface area contributed by atoms with Crippen LogP contribution in [0.25, 0.3) is 0 Å². The molecule has 2 nitrogen and oxygen atoms in total. The molecule has 0 aromatic carbocycles. The van der Waals surface area contributed by atoms with E-state index >= 15 is 0 Å². The molecule has 0 saturated carbocycles. The predicted octanol–water partition coefficient (Wildman–Crippen LogP) is 3.59. The Balaban J connectivity index is 2.47. The van der Waals surface area contributed by atoms with Crippen LogP contribution in [0.5, 0.6) is 0 Å². The number of rotatable bonds is 3. The molecule has 0 amide bonds. The summed E-state index contributed by atoms with van der Waals surface area (Å²) in [6, 6.07) is 2.05. The maximum absolute atomic E-state index is 11.6. The predicted molar refractivity (Wildman–Crippen MR) is 72.1 cm³/mol. The van der Waals surface area contributed by atoms with E-state index in [0.717, 1.165) is 10.9 Å². The number of halogens is 1. The molecule has 1 unspecified atom stereocenters. The van der Waals surface area contributed by atoms with Crippen LogP contribution in [-0.4, -0.2) is 15.5 Å². The van der Waals surface area contributed by atoms with Gasteiger partial charge in [-0.2, -0.15) is 0 Å². The maximum atomic E-state index is 11.6. The minimum Gasteiger partial charge on any atom is -0.591 e. The van der Waals surface area contributed by atoms with Gasteiger partial charge >= 0.3 is 0 Å². The normalized spacial score (nSPS) is 14.7. The Hall–Kier alpha value is 0.160. The molecular formula is C10H14BrNOS2. The lowest BCUT2D eigenvalue weighted by Crippen LogP contribution is -2.25. The summed E-state index contributed by atoms with van der Waals surface area (Å²) >= 11 is 3.92. The molecule has 0 aliphatic rings. The lowest BCUT2D eigenvalue weighted by Gasteiger charge is -2.17. The Labute approximate surface area is 106 Å². The van der Waals surface area contributed by atoms with Crippen molar-refractivity contribution in [1.29, 1.82) is 0 Å². The molecule has 15 heavy (non-hydrogen) atoms. The van der Waals surface area contributed by atoms with Crippen molar-refractivity contribution in [1.82, 2.24) is 0 Å². The molecule has 0 fully saturated rings. The first kappa shape index (κ1) is 13.2. The van der Waals surface area contributed by atoms with Crippen LogP contribution in [0.2, 0.25) is 0 Å². The quantitative estimate of drug-likeness (QED) is 0.621. The second-order valence-electron chi connectivity index (χ2n) is 4.08. The van der Waals surface area contributed by atoms with Gasteiger partial charge in [0.15, 0.2) is 0 Å². The van der Waals surface area contributed by atoms with Crippen molar-refractivity contribution >= 4 is 44.8 Å². The third-order valence-electron chi connectivity index (χ3n) is 1.61. The van der Waals surface area contributed by atoms with E-state index < -0.39 is 11.4 Å². The van der Waals surface area contributed by atoms with Gasteiger partial charge in [-0.15, -0.1) is 11.3 Å². The van der Waals surface area contributed by atoms with Crippen molar-refractivity contribution in [2.75, 3.05) is 0 Å². The van der Waals surface area contributed by atoms with Gasteiger partial charge in [-0.1, -0.05) is 4.40 Å². The van der Waals surface area contributed by atoms with Gasteiger partial charge in [-0.3, -0.25) is 0 Å². The fraction of sp³-hybridized carbons (Fsp3) is 0.500. The molecule has 0 radical (unpaired) electrons. The Kier molecular flexibility index (Phi) is 4.83. The van der Waals surface area contributed by atoms with E-state index in [1.807, 2.05) is 26.2 Å². The molecule has 1 heterocycles. The first-order chi connectivity index (χ1) is 6.89. The highest BCUT2D eigenvalue weighted by atomic mass is 79.9. The molecule has 84 valence electrons. The van der Waals surface area contributed by atoms with E-state index in [0.29, 0.717) is 0 Å². The first-order valence-electron chi connectivity index (χ1n) is 4.57. The number of nitrogens with zero attached hydrogens (tertiary/aromatic N) is 1. The smallest absolute Gasteiger partial charge is 0.144 e. The first-order valence-corrected chi connectivity index (χ1v) is 7.35. The van der Waals surface area contributed by atoms with Crippen LogP contribution in [0.15, 0.2) is 20.3 Å². The van der Waals surface area contributed by atoms with E-state index in [9.17, 15) is 4.55 Å². The lowest BCUT2D eigenvalue weighted by molar-refractivity contribution is 0.561. The van der Waals surface area contributed by atoms with Gasteiger partial charge in [0.2, 0.25) is 0 Å². The van der Waals surface area contributed by atoms with E-state index in [-0.39, 0.29) is 4.75 Å². The third kappa shape index (κ3) is 4.68. The van der Waals surface area contributed by atoms with Crippen LogP contribution in [0.1, 0.15) is 25.6 Å². The molecule has 1 rings (SSSR count). The van der Waals surface area contributed by atoms with Gasteiger partial charge in [0.1, 0.15) is 16.1 Å². The average molecular weight is 308 g/mol. The van der Waals surface area contributed by atoms with Gasteiger partial charge in [0, 0.05) is 21.2 Å². The lowest BCUT2D eigenvalue weighted by atomic mass is 10.3. The fourth-order valence-electron chi connectivity index (χ4n) is 0.814. The summed E-state index contributed by atoms with van der Waals surface area (Å²) in [7, 11) is 0. The highest BCUT2D eigenvalue weighted by Gasteiger charge is 2.25. The molecule has 0 aliphatic carbocycles. The summed E-state index contributed by atoms with van der Waals surface area (Å²) < 4.78 is 16.4. The maximum Gasteiger partial charge on any atom is 0.144 e. The van der Waals surface area contributed by atoms with Gasteiger partial charge < -0.3 is 4.55 Å². The topological polar surface area (TPSA) is 35.4 Å². The molecule has 0 saturated heterocycles. The number of thiophene rings is 1. The van der Waals surface area contributed by atoms with Crippen LogP contribution in [0, 0.1) is 0 Å². The van der Waals surface area contributed by atoms with Crippen molar-refractivity contribution in [2.24, 2.45) is 4.40 Å². The Bertz CT molecular complexity index is 343. The van der Waals surface area contributed by atoms with Gasteiger partial charge in [0.25, 0.3) is 0 Å².